The van der Waals surface area contributed by atoms with Crippen LogP contribution in [0.15, 0.2) is 24.3 Å². The number of hydrogen-bond donors (Lipinski definition) is 1. The standard InChI is InChI=1S/C16H27NO2/c1-5-13-7-9-14(10-8-13)16(6-2)17-11-15(19-4)12-18-3/h7-10,15-17H,5-6,11-12H2,1-4H3. The van der Waals surface area contributed by atoms with Gasteiger partial charge in [-0.1, -0.05) is 38.1 Å². The molecular formula is C16H27NO2. The van der Waals surface area contributed by atoms with E-state index in [2.05, 4.69) is 43.4 Å². The van der Waals surface area contributed by atoms with E-state index in [9.17, 15) is 0 Å². The third-order valence-electron chi connectivity index (χ3n) is 3.48. The van der Waals surface area contributed by atoms with E-state index in [-0.39, 0.29) is 6.10 Å². The Kier molecular flexibility index (Phi) is 7.72. The van der Waals surface area contributed by atoms with Crippen molar-refractivity contribution in [2.24, 2.45) is 0 Å². The van der Waals surface area contributed by atoms with Crippen molar-refractivity contribution < 1.29 is 9.47 Å². The number of nitrogens with one attached hydrogen (secondary N) is 1. The first-order valence-corrected chi connectivity index (χ1v) is 7.09. The van der Waals surface area contributed by atoms with Crippen LogP contribution in [-0.2, 0) is 15.9 Å². The third kappa shape index (κ3) is 5.31. The van der Waals surface area contributed by atoms with E-state index in [4.69, 9.17) is 9.47 Å². The molecule has 0 aliphatic carbocycles. The van der Waals surface area contributed by atoms with Crippen LogP contribution in [0.5, 0.6) is 0 Å². The number of methoxy groups -OCH3 is 2. The molecule has 3 heteroatoms. The molecule has 0 fully saturated rings. The van der Waals surface area contributed by atoms with Crippen LogP contribution in [0.2, 0.25) is 0 Å². The van der Waals surface area contributed by atoms with Crippen molar-refractivity contribution in [2.45, 2.75) is 38.8 Å². The lowest BCUT2D eigenvalue weighted by atomic mass is 10.0. The van der Waals surface area contributed by atoms with E-state index in [0.717, 1.165) is 19.4 Å². The van der Waals surface area contributed by atoms with Gasteiger partial charge in [0.15, 0.2) is 0 Å². The maximum absolute atomic E-state index is 5.37. The Morgan fingerprint density at radius 2 is 1.79 bits per heavy atom. The predicted octanol–water partition coefficient (Wildman–Crippen LogP) is 2.95. The molecule has 0 aliphatic heterocycles. The highest BCUT2D eigenvalue weighted by Gasteiger charge is 2.12. The van der Waals surface area contributed by atoms with Crippen LogP contribution in [0.4, 0.5) is 0 Å². The van der Waals surface area contributed by atoms with Crippen molar-refractivity contribution in [3.63, 3.8) is 0 Å². The number of hydrogen-bond acceptors (Lipinski definition) is 3. The summed E-state index contributed by atoms with van der Waals surface area (Å²) >= 11 is 0. The fourth-order valence-corrected chi connectivity index (χ4v) is 2.15. The second kappa shape index (κ2) is 9.08. The molecule has 1 aromatic carbocycles. The minimum Gasteiger partial charge on any atom is -0.382 e. The maximum Gasteiger partial charge on any atom is 0.0928 e. The van der Waals surface area contributed by atoms with Crippen LogP contribution in [0.1, 0.15) is 37.4 Å². The van der Waals surface area contributed by atoms with Crippen molar-refractivity contribution in [3.05, 3.63) is 35.4 Å². The van der Waals surface area contributed by atoms with Gasteiger partial charge in [-0.25, -0.2) is 0 Å². The number of benzene rings is 1. The van der Waals surface area contributed by atoms with Crippen LogP contribution < -0.4 is 5.32 Å². The molecular weight excluding hydrogens is 238 g/mol. The van der Waals surface area contributed by atoms with Gasteiger partial charge in [-0.2, -0.15) is 0 Å². The van der Waals surface area contributed by atoms with Gasteiger partial charge < -0.3 is 14.8 Å². The van der Waals surface area contributed by atoms with Gasteiger partial charge >= 0.3 is 0 Å². The van der Waals surface area contributed by atoms with Crippen molar-refractivity contribution >= 4 is 0 Å². The number of ether oxygens (including phenoxy) is 2. The quantitative estimate of drug-likeness (QED) is 0.744. The molecule has 0 radical (unpaired) electrons. The van der Waals surface area contributed by atoms with E-state index in [0.29, 0.717) is 12.6 Å². The Morgan fingerprint density at radius 1 is 1.11 bits per heavy atom. The summed E-state index contributed by atoms with van der Waals surface area (Å²) < 4.78 is 10.5. The molecule has 1 aromatic rings. The van der Waals surface area contributed by atoms with Crippen molar-refractivity contribution in [1.82, 2.24) is 5.32 Å². The van der Waals surface area contributed by atoms with Crippen LogP contribution in [-0.4, -0.2) is 33.5 Å². The molecule has 0 saturated heterocycles. The van der Waals surface area contributed by atoms with Gasteiger partial charge in [0.1, 0.15) is 0 Å². The molecule has 1 rings (SSSR count). The minimum absolute atomic E-state index is 0.106. The molecule has 1 N–H and O–H groups in total. The fourth-order valence-electron chi connectivity index (χ4n) is 2.15. The van der Waals surface area contributed by atoms with Gasteiger partial charge in [0.05, 0.1) is 12.7 Å². The van der Waals surface area contributed by atoms with Gasteiger partial charge in [0.2, 0.25) is 0 Å². The largest absolute Gasteiger partial charge is 0.382 e. The molecule has 3 nitrogen and oxygen atoms in total. The topological polar surface area (TPSA) is 30.5 Å². The van der Waals surface area contributed by atoms with E-state index in [1.54, 1.807) is 14.2 Å². The van der Waals surface area contributed by atoms with Crippen molar-refractivity contribution in [3.8, 4) is 0 Å². The Labute approximate surface area is 117 Å². The normalized spacial score (nSPS) is 14.3. The molecule has 2 atom stereocenters. The Balaban J connectivity index is 2.56. The smallest absolute Gasteiger partial charge is 0.0928 e. The van der Waals surface area contributed by atoms with Crippen molar-refractivity contribution in [2.75, 3.05) is 27.4 Å². The zero-order valence-corrected chi connectivity index (χ0v) is 12.6. The monoisotopic (exact) mass is 265 g/mol. The summed E-state index contributed by atoms with van der Waals surface area (Å²) in [6.45, 7) is 5.80. The molecule has 0 spiro atoms. The Bertz CT molecular complexity index is 337. The van der Waals surface area contributed by atoms with Gasteiger partial charge in [-0.15, -0.1) is 0 Å². The summed E-state index contributed by atoms with van der Waals surface area (Å²) in [5.74, 6) is 0. The maximum atomic E-state index is 5.37. The first kappa shape index (κ1) is 16.2. The van der Waals surface area contributed by atoms with Crippen LogP contribution in [0.25, 0.3) is 0 Å². The average molecular weight is 265 g/mol. The van der Waals surface area contributed by atoms with Gasteiger partial charge in [-0.3, -0.25) is 0 Å². The van der Waals surface area contributed by atoms with Crippen LogP contribution in [0.3, 0.4) is 0 Å². The third-order valence-corrected chi connectivity index (χ3v) is 3.48. The van der Waals surface area contributed by atoms with Gasteiger partial charge in [0, 0.05) is 26.8 Å². The Morgan fingerprint density at radius 3 is 2.26 bits per heavy atom. The summed E-state index contributed by atoms with van der Waals surface area (Å²) in [7, 11) is 3.43. The second-order valence-electron chi connectivity index (χ2n) is 4.78. The summed E-state index contributed by atoms with van der Waals surface area (Å²) in [5.41, 5.74) is 2.72. The molecule has 0 saturated carbocycles. The van der Waals surface area contributed by atoms with E-state index in [1.807, 2.05) is 0 Å². The summed E-state index contributed by atoms with van der Waals surface area (Å²) in [6.07, 6.45) is 2.26. The number of aryl methyl sites for hydroxylation is 1. The molecule has 0 heterocycles. The van der Waals surface area contributed by atoms with E-state index in [1.165, 1.54) is 11.1 Å². The molecule has 108 valence electrons. The fraction of sp³-hybridized carbons (Fsp3) is 0.625. The van der Waals surface area contributed by atoms with Gasteiger partial charge in [-0.05, 0) is 24.0 Å². The molecule has 2 unspecified atom stereocenters. The molecule has 0 aliphatic rings. The van der Waals surface area contributed by atoms with Crippen LogP contribution >= 0.6 is 0 Å². The van der Waals surface area contributed by atoms with E-state index >= 15 is 0 Å². The minimum atomic E-state index is 0.106. The Hall–Kier alpha value is -0.900. The summed E-state index contributed by atoms with van der Waals surface area (Å²) in [6, 6.07) is 9.24. The predicted molar refractivity (Wildman–Crippen MR) is 79.5 cm³/mol. The molecule has 19 heavy (non-hydrogen) atoms. The lowest BCUT2D eigenvalue weighted by Crippen LogP contribution is -2.34. The average Bonchev–Trinajstić information content (AvgIpc) is 2.47. The highest BCUT2D eigenvalue weighted by Crippen LogP contribution is 2.17. The molecule has 0 bridgehead atoms. The van der Waals surface area contributed by atoms with Crippen molar-refractivity contribution in [1.29, 1.82) is 0 Å². The zero-order chi connectivity index (χ0) is 14.1. The summed E-state index contributed by atoms with van der Waals surface area (Å²) in [5, 5.41) is 3.55. The SMILES string of the molecule is CCc1ccc(C(CC)NCC(COC)OC)cc1. The lowest BCUT2D eigenvalue weighted by molar-refractivity contribution is 0.0272. The highest BCUT2D eigenvalue weighted by molar-refractivity contribution is 5.25. The molecule has 0 aromatic heterocycles. The molecule has 0 amide bonds. The number of rotatable bonds is 9. The summed E-state index contributed by atoms with van der Waals surface area (Å²) in [4.78, 5) is 0. The second-order valence-corrected chi connectivity index (χ2v) is 4.78. The van der Waals surface area contributed by atoms with Gasteiger partial charge in [0.25, 0.3) is 0 Å². The first-order valence-electron chi connectivity index (χ1n) is 7.09. The van der Waals surface area contributed by atoms with E-state index < -0.39 is 0 Å². The highest BCUT2D eigenvalue weighted by atomic mass is 16.5. The van der Waals surface area contributed by atoms with Crippen LogP contribution in [0, 0.1) is 0 Å². The first-order chi connectivity index (χ1) is 9.24. The zero-order valence-electron chi connectivity index (χ0n) is 12.6. The lowest BCUT2D eigenvalue weighted by Gasteiger charge is -2.21.